The number of halogens is 2. The molecule has 0 atom stereocenters. The van der Waals surface area contributed by atoms with E-state index >= 15 is 0 Å². The van der Waals surface area contributed by atoms with Crippen molar-refractivity contribution < 1.29 is 19.0 Å². The number of carbonyl (C=O) groups excluding carboxylic acids is 1. The number of nitrogens with one attached hydrogen (secondary N) is 1. The summed E-state index contributed by atoms with van der Waals surface area (Å²) in [7, 11) is 0. The molecule has 0 saturated carbocycles. The van der Waals surface area contributed by atoms with Crippen LogP contribution in [-0.2, 0) is 11.3 Å². The zero-order valence-corrected chi connectivity index (χ0v) is 24.6. The number of aliphatic hydroxyl groups is 1. The largest absolute Gasteiger partial charge is 0.436 e. The number of amides is 1. The summed E-state index contributed by atoms with van der Waals surface area (Å²) in [5.74, 6) is 1.48. The minimum Gasteiger partial charge on any atom is -0.436 e. The van der Waals surface area contributed by atoms with Gasteiger partial charge < -0.3 is 20.1 Å². The second kappa shape index (κ2) is 14.2. The number of aliphatic hydroxyl groups excluding tert-OH is 1. The van der Waals surface area contributed by atoms with Crippen molar-refractivity contribution >= 4 is 23.5 Å². The average Bonchev–Trinajstić information content (AvgIpc) is 2.97. The molecule has 5 rings (SSSR count). The van der Waals surface area contributed by atoms with E-state index < -0.39 is 5.82 Å². The molecule has 1 aromatic carbocycles. The van der Waals surface area contributed by atoms with Crippen LogP contribution in [0.2, 0.25) is 5.02 Å². The topological polar surface area (TPSA) is 107 Å². The van der Waals surface area contributed by atoms with Crippen LogP contribution in [0.1, 0.15) is 25.3 Å². The maximum atomic E-state index is 14.2. The lowest BCUT2D eigenvalue weighted by Crippen LogP contribution is -2.47. The van der Waals surface area contributed by atoms with Gasteiger partial charge in [0.1, 0.15) is 5.82 Å². The fraction of sp³-hybridized carbons (Fsp3) is 0.467. The number of β-amino-alcohol motifs (C(OH)–C–C–N with tert-alkyl or cyclic N) is 1. The summed E-state index contributed by atoms with van der Waals surface area (Å²) in [6, 6.07) is 8.20. The Morgan fingerprint density at radius 3 is 2.45 bits per heavy atom. The third-order valence-corrected chi connectivity index (χ3v) is 7.90. The summed E-state index contributed by atoms with van der Waals surface area (Å²) in [6.07, 6.45) is 5.27. The highest BCUT2D eigenvalue weighted by Crippen LogP contribution is 2.29. The molecule has 2 aliphatic rings. The zero-order chi connectivity index (χ0) is 29.5. The fourth-order valence-corrected chi connectivity index (χ4v) is 5.63. The van der Waals surface area contributed by atoms with Gasteiger partial charge in [0.25, 0.3) is 0 Å². The zero-order valence-electron chi connectivity index (χ0n) is 23.8. The van der Waals surface area contributed by atoms with Crippen LogP contribution in [0.15, 0.2) is 42.7 Å². The SMILES string of the molecule is CC(=O)NCC1CCN(Cc2cc(Oc3cnc(N4CCN(CCO)CC4)nc3)nc(-c3cc(F)cc(Cl)c3)c2)CC1. The van der Waals surface area contributed by atoms with Crippen molar-refractivity contribution in [2.75, 3.05) is 63.9 Å². The second-order valence-corrected chi connectivity index (χ2v) is 11.3. The number of anilines is 1. The van der Waals surface area contributed by atoms with Crippen LogP contribution in [0, 0.1) is 11.7 Å². The van der Waals surface area contributed by atoms with Gasteiger partial charge in [-0.3, -0.25) is 14.6 Å². The van der Waals surface area contributed by atoms with Gasteiger partial charge in [0.15, 0.2) is 5.75 Å². The number of benzene rings is 1. The Balaban J connectivity index is 1.30. The summed E-state index contributed by atoms with van der Waals surface area (Å²) in [5.41, 5.74) is 2.10. The van der Waals surface area contributed by atoms with Crippen LogP contribution in [0.3, 0.4) is 0 Å². The van der Waals surface area contributed by atoms with Crippen molar-refractivity contribution in [2.24, 2.45) is 5.92 Å². The van der Waals surface area contributed by atoms with Crippen molar-refractivity contribution in [3.63, 3.8) is 0 Å². The van der Waals surface area contributed by atoms with Gasteiger partial charge in [0.05, 0.1) is 24.7 Å². The Labute approximate surface area is 250 Å². The van der Waals surface area contributed by atoms with Gasteiger partial charge in [-0.1, -0.05) is 11.6 Å². The lowest BCUT2D eigenvalue weighted by atomic mass is 9.96. The molecule has 42 heavy (non-hydrogen) atoms. The number of pyridine rings is 1. The number of hydrogen-bond acceptors (Lipinski definition) is 9. The third kappa shape index (κ3) is 8.34. The molecule has 3 aromatic rings. The number of ether oxygens (including phenoxy) is 1. The second-order valence-electron chi connectivity index (χ2n) is 10.9. The predicted molar refractivity (Wildman–Crippen MR) is 159 cm³/mol. The van der Waals surface area contributed by atoms with Gasteiger partial charge in [-0.15, -0.1) is 0 Å². The molecule has 224 valence electrons. The van der Waals surface area contributed by atoms with Crippen LogP contribution < -0.4 is 15.0 Å². The van der Waals surface area contributed by atoms with Crippen LogP contribution in [-0.4, -0.2) is 94.7 Å². The van der Waals surface area contributed by atoms with Crippen molar-refractivity contribution in [1.29, 1.82) is 0 Å². The van der Waals surface area contributed by atoms with E-state index in [9.17, 15) is 9.18 Å². The monoisotopic (exact) mass is 597 g/mol. The van der Waals surface area contributed by atoms with Crippen LogP contribution >= 0.6 is 11.6 Å². The number of nitrogens with zero attached hydrogens (tertiary/aromatic N) is 6. The first kappa shape index (κ1) is 30.1. The fourth-order valence-electron chi connectivity index (χ4n) is 5.41. The van der Waals surface area contributed by atoms with Crippen molar-refractivity contribution in [3.8, 4) is 22.9 Å². The Hall–Kier alpha value is -3.38. The van der Waals surface area contributed by atoms with Crippen molar-refractivity contribution in [3.05, 3.63) is 59.1 Å². The van der Waals surface area contributed by atoms with E-state index in [1.54, 1.807) is 25.4 Å². The number of likely N-dealkylation sites (tertiary alicyclic amines) is 1. The molecule has 1 amide bonds. The van der Waals surface area contributed by atoms with E-state index in [-0.39, 0.29) is 12.5 Å². The molecule has 2 fully saturated rings. The Bertz CT molecular complexity index is 1330. The molecular formula is C30H37ClFN7O3. The number of hydrogen-bond donors (Lipinski definition) is 2. The molecule has 0 spiro atoms. The van der Waals surface area contributed by atoms with Gasteiger partial charge in [-0.05, 0) is 61.7 Å². The molecule has 2 saturated heterocycles. The minimum atomic E-state index is -0.436. The average molecular weight is 598 g/mol. The van der Waals surface area contributed by atoms with E-state index in [2.05, 4.69) is 35.0 Å². The normalized spacial score (nSPS) is 16.9. The van der Waals surface area contributed by atoms with E-state index in [0.29, 0.717) is 59.4 Å². The number of aromatic nitrogens is 3. The molecule has 0 aliphatic carbocycles. The van der Waals surface area contributed by atoms with Gasteiger partial charge in [0.2, 0.25) is 17.7 Å². The molecule has 0 unspecified atom stereocenters. The van der Waals surface area contributed by atoms with Crippen LogP contribution in [0.5, 0.6) is 11.6 Å². The summed E-state index contributed by atoms with van der Waals surface area (Å²) in [4.78, 5) is 31.7. The molecular weight excluding hydrogens is 561 g/mol. The molecule has 2 N–H and O–H groups in total. The Kier molecular flexibility index (Phi) is 10.2. The Morgan fingerprint density at radius 2 is 1.79 bits per heavy atom. The van der Waals surface area contributed by atoms with Crippen molar-refractivity contribution in [2.45, 2.75) is 26.3 Å². The highest BCUT2D eigenvalue weighted by molar-refractivity contribution is 6.30. The standard InChI is InChI=1S/C30H37ClFN7O3/c1-21(41)33-17-22-2-4-38(5-3-22)20-23-12-28(24-14-25(31)16-26(32)15-24)36-29(13-23)42-27-18-34-30(35-19-27)39-8-6-37(7-9-39)10-11-40/h12-16,18-19,22,40H,2-11,17,20H2,1H3,(H,33,41). The predicted octanol–water partition coefficient (Wildman–Crippen LogP) is 3.59. The lowest BCUT2D eigenvalue weighted by molar-refractivity contribution is -0.119. The number of rotatable bonds is 10. The molecule has 0 bridgehead atoms. The third-order valence-electron chi connectivity index (χ3n) is 7.68. The lowest BCUT2D eigenvalue weighted by Gasteiger charge is -2.34. The summed E-state index contributed by atoms with van der Waals surface area (Å²) in [6.45, 7) is 8.85. The summed E-state index contributed by atoms with van der Waals surface area (Å²) in [5, 5.41) is 12.4. The number of carbonyl (C=O) groups is 1. The first-order valence-electron chi connectivity index (χ1n) is 14.4. The van der Waals surface area contributed by atoms with Gasteiger partial charge in [0, 0.05) is 69.4 Å². The number of piperidine rings is 1. The molecule has 10 nitrogen and oxygen atoms in total. The number of piperazine rings is 1. The maximum absolute atomic E-state index is 14.2. The van der Waals surface area contributed by atoms with Gasteiger partial charge in [-0.25, -0.2) is 19.3 Å². The van der Waals surface area contributed by atoms with Gasteiger partial charge >= 0.3 is 0 Å². The summed E-state index contributed by atoms with van der Waals surface area (Å²) >= 11 is 6.16. The van der Waals surface area contributed by atoms with E-state index in [4.69, 9.17) is 21.4 Å². The highest BCUT2D eigenvalue weighted by atomic mass is 35.5. The van der Waals surface area contributed by atoms with Crippen LogP contribution in [0.25, 0.3) is 11.3 Å². The quantitative estimate of drug-likeness (QED) is 0.363. The summed E-state index contributed by atoms with van der Waals surface area (Å²) < 4.78 is 20.3. The van der Waals surface area contributed by atoms with E-state index in [0.717, 1.165) is 57.7 Å². The molecule has 2 aliphatic heterocycles. The van der Waals surface area contributed by atoms with E-state index in [1.165, 1.54) is 12.1 Å². The minimum absolute atomic E-state index is 0.00356. The Morgan fingerprint density at radius 1 is 1.05 bits per heavy atom. The van der Waals surface area contributed by atoms with E-state index in [1.807, 2.05) is 12.1 Å². The molecule has 2 aromatic heterocycles. The first-order chi connectivity index (χ1) is 20.3. The molecule has 4 heterocycles. The smallest absolute Gasteiger partial charge is 0.225 e. The van der Waals surface area contributed by atoms with Crippen molar-refractivity contribution in [1.82, 2.24) is 30.1 Å². The molecule has 0 radical (unpaired) electrons. The first-order valence-corrected chi connectivity index (χ1v) is 14.7. The maximum Gasteiger partial charge on any atom is 0.225 e. The molecule has 12 heteroatoms. The van der Waals surface area contributed by atoms with Crippen LogP contribution in [0.4, 0.5) is 10.3 Å². The van der Waals surface area contributed by atoms with Gasteiger partial charge in [-0.2, -0.15) is 0 Å². The highest BCUT2D eigenvalue weighted by Gasteiger charge is 2.21.